The molecule has 6 heteroatoms. The van der Waals surface area contributed by atoms with Gasteiger partial charge in [0.15, 0.2) is 0 Å². The molecule has 0 saturated carbocycles. The number of rotatable bonds is 42. The number of hydrogen-bond acceptors (Lipinski definition) is 5. The van der Waals surface area contributed by atoms with E-state index in [0.717, 1.165) is 44.9 Å². The fourth-order valence-electron chi connectivity index (χ4n) is 7.10. The summed E-state index contributed by atoms with van der Waals surface area (Å²) >= 11 is 0. The second kappa shape index (κ2) is 44.7. The summed E-state index contributed by atoms with van der Waals surface area (Å²) in [6.07, 6.45) is 54.6. The van der Waals surface area contributed by atoms with Crippen molar-refractivity contribution in [2.75, 3.05) is 6.61 Å². The Labute approximate surface area is 352 Å². The van der Waals surface area contributed by atoms with Gasteiger partial charge in [0.25, 0.3) is 0 Å². The Hall–Kier alpha value is -2.44. The number of aliphatic hydroxyl groups excluding tert-OH is 2. The van der Waals surface area contributed by atoms with Crippen LogP contribution in [-0.4, -0.2) is 46.9 Å². The normalized spacial score (nSPS) is 13.8. The van der Waals surface area contributed by atoms with E-state index in [1.165, 1.54) is 135 Å². The molecule has 0 heterocycles. The van der Waals surface area contributed by atoms with Crippen LogP contribution in [0.15, 0.2) is 60.8 Å². The molecule has 0 aromatic rings. The molecule has 0 aliphatic rings. The van der Waals surface area contributed by atoms with E-state index in [-0.39, 0.29) is 24.9 Å². The van der Waals surface area contributed by atoms with Crippen molar-refractivity contribution in [2.24, 2.45) is 0 Å². The first kappa shape index (κ1) is 54.6. The molecule has 0 bridgehead atoms. The van der Waals surface area contributed by atoms with Gasteiger partial charge in [-0.2, -0.15) is 0 Å². The van der Waals surface area contributed by atoms with Gasteiger partial charge < -0.3 is 20.3 Å². The Morgan fingerprint density at radius 3 is 1.33 bits per heavy atom. The number of hydrogen-bond donors (Lipinski definition) is 3. The molecule has 0 rings (SSSR count). The lowest BCUT2D eigenvalue weighted by Gasteiger charge is -2.24. The average Bonchev–Trinajstić information content (AvgIpc) is 3.20. The van der Waals surface area contributed by atoms with Gasteiger partial charge in [0.1, 0.15) is 6.10 Å². The van der Waals surface area contributed by atoms with E-state index in [4.69, 9.17) is 4.74 Å². The molecule has 0 aliphatic heterocycles. The van der Waals surface area contributed by atoms with Gasteiger partial charge in [-0.25, -0.2) is 0 Å². The number of nitrogens with one attached hydrogen (secondary N) is 1. The van der Waals surface area contributed by atoms with Crippen molar-refractivity contribution in [1.82, 2.24) is 5.32 Å². The average molecular weight is 798 g/mol. The quantitative estimate of drug-likeness (QED) is 0.0325. The van der Waals surface area contributed by atoms with Crippen molar-refractivity contribution < 1.29 is 24.5 Å². The number of aliphatic hydroxyl groups is 2. The molecule has 1 amide bonds. The molecule has 3 N–H and O–H groups in total. The zero-order valence-electron chi connectivity index (χ0n) is 37.5. The van der Waals surface area contributed by atoms with E-state index in [1.807, 2.05) is 54.7 Å². The van der Waals surface area contributed by atoms with E-state index in [2.05, 4.69) is 32.2 Å². The van der Waals surface area contributed by atoms with Crippen LogP contribution < -0.4 is 5.32 Å². The fraction of sp³-hybridized carbons (Fsp3) is 0.765. The molecule has 0 aromatic carbocycles. The van der Waals surface area contributed by atoms with Crippen LogP contribution in [0.2, 0.25) is 0 Å². The number of ether oxygens (including phenoxy) is 1. The molecule has 57 heavy (non-hydrogen) atoms. The summed E-state index contributed by atoms with van der Waals surface area (Å²) in [6, 6.07) is -0.737. The Balaban J connectivity index is 4.59. The Morgan fingerprint density at radius 1 is 0.526 bits per heavy atom. The van der Waals surface area contributed by atoms with Crippen molar-refractivity contribution >= 4 is 11.9 Å². The molecule has 6 nitrogen and oxygen atoms in total. The predicted molar refractivity (Wildman–Crippen MR) is 245 cm³/mol. The fourth-order valence-corrected chi connectivity index (χ4v) is 7.10. The first-order chi connectivity index (χ1) is 28.0. The largest absolute Gasteiger partial charge is 0.461 e. The highest BCUT2D eigenvalue weighted by molar-refractivity contribution is 5.77. The number of unbranched alkanes of at least 4 members (excludes halogenated alkanes) is 25. The summed E-state index contributed by atoms with van der Waals surface area (Å²) in [5, 5.41) is 23.5. The van der Waals surface area contributed by atoms with Crippen LogP contribution >= 0.6 is 0 Å². The maximum atomic E-state index is 13.1. The molecule has 0 aromatic heterocycles. The van der Waals surface area contributed by atoms with Crippen molar-refractivity contribution in [3.8, 4) is 0 Å². The molecule has 0 saturated heterocycles. The van der Waals surface area contributed by atoms with Crippen LogP contribution in [-0.2, 0) is 14.3 Å². The Morgan fingerprint density at radius 2 is 0.912 bits per heavy atom. The van der Waals surface area contributed by atoms with Gasteiger partial charge in [0.2, 0.25) is 5.91 Å². The third kappa shape index (κ3) is 40.1. The summed E-state index contributed by atoms with van der Waals surface area (Å²) < 4.78 is 5.83. The number of carbonyl (C=O) groups is 2. The minimum Gasteiger partial charge on any atom is -0.461 e. The Bertz CT molecular complexity index is 1030. The van der Waals surface area contributed by atoms with Crippen LogP contribution in [0.1, 0.15) is 226 Å². The van der Waals surface area contributed by atoms with E-state index in [1.54, 1.807) is 0 Å². The van der Waals surface area contributed by atoms with Crippen molar-refractivity contribution in [2.45, 2.75) is 244 Å². The van der Waals surface area contributed by atoms with Crippen LogP contribution in [0.25, 0.3) is 0 Å². The van der Waals surface area contributed by atoms with Crippen LogP contribution in [0.5, 0.6) is 0 Å². The van der Waals surface area contributed by atoms with E-state index >= 15 is 0 Å². The first-order valence-electron chi connectivity index (χ1n) is 24.1. The highest BCUT2D eigenvalue weighted by Crippen LogP contribution is 2.17. The number of allylic oxidation sites excluding steroid dienone is 9. The summed E-state index contributed by atoms with van der Waals surface area (Å²) in [5.41, 5.74) is 0. The van der Waals surface area contributed by atoms with Crippen molar-refractivity contribution in [1.29, 1.82) is 0 Å². The van der Waals surface area contributed by atoms with E-state index in [0.29, 0.717) is 19.3 Å². The molecular formula is C51H91NO5. The number of esters is 1. The molecule has 0 fully saturated rings. The minimum atomic E-state index is -0.815. The van der Waals surface area contributed by atoms with E-state index in [9.17, 15) is 19.8 Å². The lowest BCUT2D eigenvalue weighted by Crippen LogP contribution is -2.46. The predicted octanol–water partition coefficient (Wildman–Crippen LogP) is 14.1. The van der Waals surface area contributed by atoms with Gasteiger partial charge in [-0.1, -0.05) is 248 Å². The molecule has 0 radical (unpaired) electrons. The maximum Gasteiger partial charge on any atom is 0.306 e. The van der Waals surface area contributed by atoms with Gasteiger partial charge in [-0.05, 0) is 19.3 Å². The lowest BCUT2D eigenvalue weighted by atomic mass is 10.0. The van der Waals surface area contributed by atoms with Crippen molar-refractivity contribution in [3.63, 3.8) is 0 Å². The summed E-state index contributed by atoms with van der Waals surface area (Å²) in [5.74, 6) is -0.605. The van der Waals surface area contributed by atoms with Crippen LogP contribution in [0.3, 0.4) is 0 Å². The van der Waals surface area contributed by atoms with Crippen molar-refractivity contribution in [3.05, 3.63) is 60.8 Å². The number of amides is 1. The Kier molecular flexibility index (Phi) is 42.7. The minimum absolute atomic E-state index is 0.0177. The first-order valence-corrected chi connectivity index (χ1v) is 24.1. The van der Waals surface area contributed by atoms with Gasteiger partial charge in [-0.15, -0.1) is 0 Å². The van der Waals surface area contributed by atoms with Gasteiger partial charge >= 0.3 is 5.97 Å². The zero-order chi connectivity index (χ0) is 41.7. The standard InChI is InChI=1S/C51H91NO5/c1-4-7-10-13-16-19-21-22-23-24-25-26-27-29-32-35-38-41-44-51(56)57-47(42-39-36-33-31-28-20-17-14-11-8-5-2)45-50(55)52-48(46-53)49(54)43-40-37-34-30-18-15-12-9-6-3/h8,11,14,17,20,28,31,33,36,39,47-49,53-54H,4-7,9-10,12-13,15-16,18-19,21-27,29-30,32,34-35,37-38,40-46H2,1-3H3,(H,52,55)/b11-8+,17-14+,28-20-,33-31-,39-36+. The van der Waals surface area contributed by atoms with Gasteiger partial charge in [-0.3, -0.25) is 9.59 Å². The molecule has 3 atom stereocenters. The van der Waals surface area contributed by atoms with Gasteiger partial charge in [0.05, 0.1) is 25.2 Å². The summed E-state index contributed by atoms with van der Waals surface area (Å²) in [7, 11) is 0. The highest BCUT2D eigenvalue weighted by Gasteiger charge is 2.23. The number of carbonyl (C=O) groups excluding carboxylic acids is 2. The second-order valence-corrected chi connectivity index (χ2v) is 16.3. The summed E-state index contributed by atoms with van der Waals surface area (Å²) in [4.78, 5) is 25.9. The molecule has 3 unspecified atom stereocenters. The zero-order valence-corrected chi connectivity index (χ0v) is 37.5. The second-order valence-electron chi connectivity index (χ2n) is 16.3. The maximum absolute atomic E-state index is 13.1. The highest BCUT2D eigenvalue weighted by atomic mass is 16.5. The molecule has 0 spiro atoms. The third-order valence-electron chi connectivity index (χ3n) is 10.7. The summed E-state index contributed by atoms with van der Waals surface area (Å²) in [6.45, 7) is 6.28. The van der Waals surface area contributed by atoms with E-state index < -0.39 is 18.2 Å². The van der Waals surface area contributed by atoms with Gasteiger partial charge in [0, 0.05) is 12.8 Å². The lowest BCUT2D eigenvalue weighted by molar-refractivity contribution is -0.150. The molecule has 0 aliphatic carbocycles. The van der Waals surface area contributed by atoms with Crippen LogP contribution in [0.4, 0.5) is 0 Å². The topological polar surface area (TPSA) is 95.9 Å². The smallest absolute Gasteiger partial charge is 0.306 e. The monoisotopic (exact) mass is 798 g/mol. The van der Waals surface area contributed by atoms with Crippen LogP contribution in [0, 0.1) is 0 Å². The molecule has 330 valence electrons. The SMILES string of the molecule is CC/C=C/C=C/C=C\C=C/C=C/CC(CC(=O)NC(CO)C(O)CCCCCCCCCCC)OC(=O)CCCCCCCCCCCCCCCCCCCC. The molecular weight excluding hydrogens is 707 g/mol. The third-order valence-corrected chi connectivity index (χ3v) is 10.7.